The van der Waals surface area contributed by atoms with Gasteiger partial charge in [-0.25, -0.2) is 4.98 Å². The number of ether oxygens (including phenoxy) is 1. The molecule has 0 saturated heterocycles. The van der Waals surface area contributed by atoms with Crippen molar-refractivity contribution in [1.29, 1.82) is 0 Å². The molecule has 1 amide bonds. The molecule has 0 spiro atoms. The van der Waals surface area contributed by atoms with Gasteiger partial charge in [0.05, 0.1) is 12.7 Å². The van der Waals surface area contributed by atoms with Crippen molar-refractivity contribution >= 4 is 17.5 Å². The van der Waals surface area contributed by atoms with Gasteiger partial charge in [0.25, 0.3) is 5.91 Å². The monoisotopic (exact) mass is 435 g/mol. The lowest BCUT2D eigenvalue weighted by Crippen LogP contribution is -2.32. The zero-order valence-electron chi connectivity index (χ0n) is 17.0. The quantitative estimate of drug-likeness (QED) is 0.457. The van der Waals surface area contributed by atoms with Crippen LogP contribution in [0.5, 0.6) is 5.75 Å². The molecule has 0 atom stereocenters. The fraction of sp³-hybridized carbons (Fsp3) is 0.174. The number of amides is 1. The molecule has 31 heavy (non-hydrogen) atoms. The lowest BCUT2D eigenvalue weighted by Gasteiger charge is -2.11. The van der Waals surface area contributed by atoms with Gasteiger partial charge in [0.15, 0.2) is 12.4 Å². The van der Waals surface area contributed by atoms with E-state index in [9.17, 15) is 4.79 Å². The second-order valence-corrected chi connectivity index (χ2v) is 7.39. The highest BCUT2D eigenvalue weighted by Crippen LogP contribution is 2.31. The average Bonchev–Trinajstić information content (AvgIpc) is 3.39. The van der Waals surface area contributed by atoms with Crippen LogP contribution in [0.15, 0.2) is 73.2 Å². The average molecular weight is 436 g/mol. The molecule has 158 valence electrons. The van der Waals surface area contributed by atoms with Crippen molar-refractivity contribution in [3.8, 4) is 28.4 Å². The Balaban J connectivity index is 1.46. The van der Waals surface area contributed by atoms with Gasteiger partial charge in [0.2, 0.25) is 0 Å². The standard InChI is InChI=1S/C23H22ClN5O2/c1-28-13-11-26-23(28)22-20(17-7-9-18(24)10-8-17)15-27-29(22)14-12-25-21(30)16-31-19-5-3-2-4-6-19/h2-11,13,15H,12,14,16H2,1H3,(H,25,30). The van der Waals surface area contributed by atoms with Gasteiger partial charge in [-0.1, -0.05) is 41.9 Å². The Hall–Kier alpha value is -3.58. The molecule has 2 heterocycles. The molecule has 4 rings (SSSR count). The molecule has 1 N–H and O–H groups in total. The number of para-hydroxylation sites is 1. The zero-order valence-corrected chi connectivity index (χ0v) is 17.8. The minimum absolute atomic E-state index is 0.0363. The number of halogens is 1. The number of benzene rings is 2. The number of hydrogen-bond acceptors (Lipinski definition) is 4. The van der Waals surface area contributed by atoms with Crippen molar-refractivity contribution in [3.63, 3.8) is 0 Å². The van der Waals surface area contributed by atoms with E-state index in [1.54, 1.807) is 6.20 Å². The Morgan fingerprint density at radius 3 is 2.61 bits per heavy atom. The Morgan fingerprint density at radius 1 is 1.13 bits per heavy atom. The van der Waals surface area contributed by atoms with Crippen molar-refractivity contribution in [3.05, 3.63) is 78.2 Å². The van der Waals surface area contributed by atoms with Crippen LogP contribution in [0.1, 0.15) is 0 Å². The smallest absolute Gasteiger partial charge is 0.258 e. The molecule has 2 aromatic heterocycles. The van der Waals surface area contributed by atoms with E-state index in [1.165, 1.54) is 0 Å². The van der Waals surface area contributed by atoms with Crippen molar-refractivity contribution in [2.75, 3.05) is 13.2 Å². The molecular formula is C23H22ClN5O2. The molecule has 0 aliphatic rings. The number of imidazole rings is 1. The molecule has 0 aliphatic heterocycles. The number of carbonyl (C=O) groups is 1. The third-order valence-corrected chi connectivity index (χ3v) is 5.04. The molecule has 7 nitrogen and oxygen atoms in total. The van der Waals surface area contributed by atoms with Gasteiger partial charge in [0, 0.05) is 36.6 Å². The molecule has 0 unspecified atom stereocenters. The third-order valence-electron chi connectivity index (χ3n) is 4.79. The van der Waals surface area contributed by atoms with Crippen LogP contribution in [0, 0.1) is 0 Å². The van der Waals surface area contributed by atoms with Gasteiger partial charge >= 0.3 is 0 Å². The highest BCUT2D eigenvalue weighted by Gasteiger charge is 2.18. The number of aromatic nitrogens is 4. The van der Waals surface area contributed by atoms with E-state index in [1.807, 2.05) is 83.3 Å². The van der Waals surface area contributed by atoms with E-state index in [0.717, 1.165) is 22.6 Å². The van der Waals surface area contributed by atoms with Gasteiger partial charge in [-0.05, 0) is 29.8 Å². The number of nitrogens with one attached hydrogen (secondary N) is 1. The van der Waals surface area contributed by atoms with Crippen LogP contribution in [-0.2, 0) is 18.4 Å². The minimum Gasteiger partial charge on any atom is -0.484 e. The summed E-state index contributed by atoms with van der Waals surface area (Å²) in [6.07, 6.45) is 5.45. The first-order chi connectivity index (χ1) is 15.1. The lowest BCUT2D eigenvalue weighted by atomic mass is 10.1. The molecule has 0 radical (unpaired) electrons. The number of carbonyl (C=O) groups excluding carboxylic acids is 1. The van der Waals surface area contributed by atoms with E-state index >= 15 is 0 Å². The topological polar surface area (TPSA) is 74.0 Å². The first-order valence-electron chi connectivity index (χ1n) is 9.86. The summed E-state index contributed by atoms with van der Waals surface area (Å²) >= 11 is 6.04. The zero-order chi connectivity index (χ0) is 21.6. The lowest BCUT2D eigenvalue weighted by molar-refractivity contribution is -0.123. The molecule has 0 saturated carbocycles. The van der Waals surface area contributed by atoms with Crippen LogP contribution in [0.2, 0.25) is 5.02 Å². The first-order valence-corrected chi connectivity index (χ1v) is 10.2. The van der Waals surface area contributed by atoms with E-state index in [2.05, 4.69) is 15.4 Å². The fourth-order valence-corrected chi connectivity index (χ4v) is 3.37. The van der Waals surface area contributed by atoms with Crippen LogP contribution in [-0.4, -0.2) is 38.4 Å². The predicted molar refractivity (Wildman–Crippen MR) is 120 cm³/mol. The highest BCUT2D eigenvalue weighted by molar-refractivity contribution is 6.30. The largest absolute Gasteiger partial charge is 0.484 e. The van der Waals surface area contributed by atoms with Gasteiger partial charge in [-0.3, -0.25) is 9.48 Å². The summed E-state index contributed by atoms with van der Waals surface area (Å²) in [6, 6.07) is 16.9. The Morgan fingerprint density at radius 2 is 1.90 bits per heavy atom. The van der Waals surface area contributed by atoms with Crippen LogP contribution >= 0.6 is 11.6 Å². The minimum atomic E-state index is -0.188. The molecule has 0 bridgehead atoms. The maximum atomic E-state index is 12.1. The van der Waals surface area contributed by atoms with Crippen molar-refractivity contribution in [1.82, 2.24) is 24.6 Å². The number of nitrogens with zero attached hydrogens (tertiary/aromatic N) is 4. The molecule has 0 aliphatic carbocycles. The summed E-state index contributed by atoms with van der Waals surface area (Å²) in [5.74, 6) is 1.27. The second-order valence-electron chi connectivity index (χ2n) is 6.95. The predicted octanol–water partition coefficient (Wildman–Crippen LogP) is 3.80. The number of hydrogen-bond donors (Lipinski definition) is 1. The summed E-state index contributed by atoms with van der Waals surface area (Å²) in [4.78, 5) is 16.6. The highest BCUT2D eigenvalue weighted by atomic mass is 35.5. The summed E-state index contributed by atoms with van der Waals surface area (Å²) in [7, 11) is 1.94. The maximum absolute atomic E-state index is 12.1. The van der Waals surface area contributed by atoms with Crippen molar-refractivity contribution < 1.29 is 9.53 Å². The molecule has 4 aromatic rings. The Bertz CT molecular complexity index is 1150. The van der Waals surface area contributed by atoms with Gasteiger partial charge in [-0.2, -0.15) is 5.10 Å². The second kappa shape index (κ2) is 9.49. The third kappa shape index (κ3) is 4.95. The van der Waals surface area contributed by atoms with Gasteiger partial charge in [0.1, 0.15) is 11.4 Å². The fourth-order valence-electron chi connectivity index (χ4n) is 3.24. The summed E-state index contributed by atoms with van der Waals surface area (Å²) < 4.78 is 9.28. The number of aryl methyl sites for hydroxylation is 1. The summed E-state index contributed by atoms with van der Waals surface area (Å²) in [6.45, 7) is 0.869. The Labute approximate surface area is 185 Å². The summed E-state index contributed by atoms with van der Waals surface area (Å²) in [5, 5.41) is 8.10. The normalized spacial score (nSPS) is 10.8. The SMILES string of the molecule is Cn1ccnc1-c1c(-c2ccc(Cl)cc2)cnn1CCNC(=O)COc1ccccc1. The van der Waals surface area contributed by atoms with Crippen molar-refractivity contribution in [2.45, 2.75) is 6.54 Å². The van der Waals surface area contributed by atoms with E-state index < -0.39 is 0 Å². The molecule has 8 heteroatoms. The van der Waals surface area contributed by atoms with Crippen LogP contribution in [0.25, 0.3) is 22.6 Å². The Kier molecular flexibility index (Phi) is 6.33. The van der Waals surface area contributed by atoms with Crippen molar-refractivity contribution in [2.24, 2.45) is 7.05 Å². The van der Waals surface area contributed by atoms with Gasteiger partial charge < -0.3 is 14.6 Å². The first kappa shape index (κ1) is 20.7. The molecule has 0 fully saturated rings. The van der Waals surface area contributed by atoms with E-state index in [-0.39, 0.29) is 12.5 Å². The molecule has 2 aromatic carbocycles. The van der Waals surface area contributed by atoms with Crippen LogP contribution < -0.4 is 10.1 Å². The van der Waals surface area contributed by atoms with Gasteiger partial charge in [-0.15, -0.1) is 0 Å². The molecular weight excluding hydrogens is 414 g/mol. The number of rotatable bonds is 8. The van der Waals surface area contributed by atoms with Crippen LogP contribution in [0.3, 0.4) is 0 Å². The van der Waals surface area contributed by atoms with E-state index in [0.29, 0.717) is 23.9 Å². The summed E-state index contributed by atoms with van der Waals surface area (Å²) in [5.41, 5.74) is 2.82. The van der Waals surface area contributed by atoms with Crippen LogP contribution in [0.4, 0.5) is 0 Å². The maximum Gasteiger partial charge on any atom is 0.258 e. The van der Waals surface area contributed by atoms with E-state index in [4.69, 9.17) is 16.3 Å².